The molecule has 5 heteroatoms. The summed E-state index contributed by atoms with van der Waals surface area (Å²) in [7, 11) is 1.19. The Morgan fingerprint density at radius 2 is 1.55 bits per heavy atom. The van der Waals surface area contributed by atoms with Crippen LogP contribution in [0, 0.1) is 11.8 Å². The molecule has 0 aromatic heterocycles. The van der Waals surface area contributed by atoms with Crippen LogP contribution in [0.1, 0.15) is 0 Å². The highest BCUT2D eigenvalue weighted by Gasteiger charge is 2.01. The Morgan fingerprint density at radius 3 is 2.18 bits per heavy atom. The molecular formula is C17H13NO4. The van der Waals surface area contributed by atoms with Crippen LogP contribution in [0.5, 0.6) is 11.5 Å². The van der Waals surface area contributed by atoms with Crippen molar-refractivity contribution in [2.24, 2.45) is 0 Å². The molecule has 0 spiro atoms. The highest BCUT2D eigenvalue weighted by molar-refractivity contribution is 6.07. The summed E-state index contributed by atoms with van der Waals surface area (Å²) in [4.78, 5) is 22.3. The highest BCUT2D eigenvalue weighted by atomic mass is 16.5. The minimum atomic E-state index is -0.762. The molecule has 0 fully saturated rings. The molecule has 110 valence electrons. The maximum atomic E-state index is 11.5. The second-order valence-corrected chi connectivity index (χ2v) is 4.14. The van der Waals surface area contributed by atoms with Crippen molar-refractivity contribution in [2.75, 3.05) is 12.4 Å². The number of amides is 1. The Balaban J connectivity index is 1.95. The lowest BCUT2D eigenvalue weighted by molar-refractivity contribution is -0.133. The maximum Gasteiger partial charge on any atom is 0.384 e. The number of methoxy groups -OCH3 is 1. The van der Waals surface area contributed by atoms with Crippen molar-refractivity contribution in [2.45, 2.75) is 0 Å². The third-order valence-corrected chi connectivity index (χ3v) is 2.55. The van der Waals surface area contributed by atoms with Gasteiger partial charge in [-0.05, 0) is 36.4 Å². The number of ether oxygens (including phenoxy) is 2. The van der Waals surface area contributed by atoms with Crippen LogP contribution in [0.15, 0.2) is 54.6 Å². The van der Waals surface area contributed by atoms with Crippen molar-refractivity contribution in [3.8, 4) is 23.3 Å². The van der Waals surface area contributed by atoms with E-state index in [1.807, 2.05) is 36.3 Å². The van der Waals surface area contributed by atoms with Gasteiger partial charge in [0.2, 0.25) is 0 Å². The van der Waals surface area contributed by atoms with Gasteiger partial charge in [0, 0.05) is 17.5 Å². The van der Waals surface area contributed by atoms with E-state index in [1.54, 1.807) is 24.3 Å². The van der Waals surface area contributed by atoms with E-state index >= 15 is 0 Å². The third-order valence-electron chi connectivity index (χ3n) is 2.55. The fourth-order valence-electron chi connectivity index (χ4n) is 1.55. The van der Waals surface area contributed by atoms with Crippen LogP contribution in [-0.2, 0) is 14.3 Å². The number of benzene rings is 2. The number of esters is 1. The Hall–Kier alpha value is -3.26. The lowest BCUT2D eigenvalue weighted by Gasteiger charge is -2.06. The minimum absolute atomic E-state index is 0.546. The van der Waals surface area contributed by atoms with Crippen molar-refractivity contribution >= 4 is 17.6 Å². The van der Waals surface area contributed by atoms with E-state index in [-0.39, 0.29) is 0 Å². The molecule has 0 atom stereocenters. The van der Waals surface area contributed by atoms with E-state index < -0.39 is 11.9 Å². The first-order valence-corrected chi connectivity index (χ1v) is 6.41. The summed E-state index contributed by atoms with van der Waals surface area (Å²) in [5.41, 5.74) is 0.546. The first-order valence-electron chi connectivity index (χ1n) is 6.41. The molecule has 0 radical (unpaired) electrons. The number of anilines is 1. The van der Waals surface area contributed by atoms with Gasteiger partial charge in [0.25, 0.3) is 0 Å². The molecule has 0 heterocycles. The van der Waals surface area contributed by atoms with Gasteiger partial charge in [0.1, 0.15) is 11.5 Å². The molecule has 0 bridgehead atoms. The van der Waals surface area contributed by atoms with E-state index in [0.29, 0.717) is 11.4 Å². The molecule has 1 amide bonds. The van der Waals surface area contributed by atoms with E-state index in [2.05, 4.69) is 16.0 Å². The van der Waals surface area contributed by atoms with Crippen LogP contribution < -0.4 is 10.1 Å². The molecule has 0 unspecified atom stereocenters. The number of carbonyl (C=O) groups is 2. The quantitative estimate of drug-likeness (QED) is 0.537. The van der Waals surface area contributed by atoms with Crippen LogP contribution in [0.3, 0.4) is 0 Å². The zero-order valence-corrected chi connectivity index (χ0v) is 11.8. The lowest BCUT2D eigenvalue weighted by atomic mass is 10.3. The molecule has 2 rings (SSSR count). The Kier molecular flexibility index (Phi) is 5.16. The van der Waals surface area contributed by atoms with Gasteiger partial charge in [-0.1, -0.05) is 18.2 Å². The van der Waals surface area contributed by atoms with Crippen LogP contribution >= 0.6 is 0 Å². The summed E-state index contributed by atoms with van der Waals surface area (Å²) < 4.78 is 9.94. The average Bonchev–Trinajstić information content (AvgIpc) is 2.55. The standard InChI is InChI=1S/C17H13NO4/c1-21-17(20)12-11-16(19)18-13-7-9-15(10-8-13)22-14-5-3-2-4-6-14/h2-10H,1H3,(H,18,19). The van der Waals surface area contributed by atoms with Crippen LogP contribution in [0.25, 0.3) is 0 Å². The minimum Gasteiger partial charge on any atom is -0.459 e. The van der Waals surface area contributed by atoms with Gasteiger partial charge < -0.3 is 14.8 Å². The van der Waals surface area contributed by atoms with E-state index in [0.717, 1.165) is 5.75 Å². The van der Waals surface area contributed by atoms with Crippen molar-refractivity contribution in [1.82, 2.24) is 0 Å². The van der Waals surface area contributed by atoms with Gasteiger partial charge in [-0.2, -0.15) is 0 Å². The first-order chi connectivity index (χ1) is 10.7. The molecule has 1 N–H and O–H groups in total. The second-order valence-electron chi connectivity index (χ2n) is 4.14. The number of hydrogen-bond donors (Lipinski definition) is 1. The fraction of sp³-hybridized carbons (Fsp3) is 0.0588. The van der Waals surface area contributed by atoms with Gasteiger partial charge in [0.05, 0.1) is 7.11 Å². The van der Waals surface area contributed by atoms with Crippen LogP contribution in [0.2, 0.25) is 0 Å². The van der Waals surface area contributed by atoms with Crippen molar-refractivity contribution in [3.05, 3.63) is 54.6 Å². The third kappa shape index (κ3) is 4.69. The molecule has 0 aliphatic heterocycles. The monoisotopic (exact) mass is 295 g/mol. The van der Waals surface area contributed by atoms with Gasteiger partial charge >= 0.3 is 11.9 Å². The van der Waals surface area contributed by atoms with Gasteiger partial charge in [0.15, 0.2) is 0 Å². The summed E-state index contributed by atoms with van der Waals surface area (Å²) >= 11 is 0. The summed E-state index contributed by atoms with van der Waals surface area (Å²) in [6, 6.07) is 16.1. The second kappa shape index (κ2) is 7.50. The van der Waals surface area contributed by atoms with E-state index in [4.69, 9.17) is 4.74 Å². The molecule has 5 nitrogen and oxygen atoms in total. The molecule has 2 aromatic carbocycles. The summed E-state index contributed by atoms with van der Waals surface area (Å²) in [5.74, 6) is 4.19. The first kappa shape index (κ1) is 15.1. The topological polar surface area (TPSA) is 64.6 Å². The largest absolute Gasteiger partial charge is 0.459 e. The van der Waals surface area contributed by atoms with E-state index in [9.17, 15) is 9.59 Å². The predicted octanol–water partition coefficient (Wildman–Crippen LogP) is 2.59. The zero-order valence-electron chi connectivity index (χ0n) is 11.8. The number of carbonyl (C=O) groups excluding carboxylic acids is 2. The molecule has 0 saturated carbocycles. The van der Waals surface area contributed by atoms with Crippen LogP contribution in [-0.4, -0.2) is 19.0 Å². The molecule has 0 aliphatic carbocycles. The summed E-state index contributed by atoms with van der Waals surface area (Å²) in [6.07, 6.45) is 0. The molecule has 0 aliphatic rings. The number of nitrogens with one attached hydrogen (secondary N) is 1. The molecule has 22 heavy (non-hydrogen) atoms. The summed E-state index contributed by atoms with van der Waals surface area (Å²) in [5, 5.41) is 2.54. The fourth-order valence-corrected chi connectivity index (χ4v) is 1.55. The molecule has 2 aromatic rings. The maximum absolute atomic E-state index is 11.5. The molecule has 0 saturated heterocycles. The van der Waals surface area contributed by atoms with Gasteiger partial charge in [-0.3, -0.25) is 4.79 Å². The number of rotatable bonds is 3. The number of hydrogen-bond acceptors (Lipinski definition) is 4. The molecular weight excluding hydrogens is 282 g/mol. The smallest absolute Gasteiger partial charge is 0.384 e. The SMILES string of the molecule is COC(=O)C#CC(=O)Nc1ccc(Oc2ccccc2)cc1. The van der Waals surface area contributed by atoms with Gasteiger partial charge in [-0.25, -0.2) is 4.79 Å². The Bertz CT molecular complexity index is 712. The van der Waals surface area contributed by atoms with Crippen molar-refractivity contribution < 1.29 is 19.1 Å². The number of para-hydroxylation sites is 1. The predicted molar refractivity (Wildman–Crippen MR) is 81.4 cm³/mol. The normalized spacial score (nSPS) is 9.14. The van der Waals surface area contributed by atoms with E-state index in [1.165, 1.54) is 7.11 Å². The Labute approximate surface area is 127 Å². The van der Waals surface area contributed by atoms with Gasteiger partial charge in [-0.15, -0.1) is 0 Å². The van der Waals surface area contributed by atoms with Crippen LogP contribution in [0.4, 0.5) is 5.69 Å². The van der Waals surface area contributed by atoms with Crippen molar-refractivity contribution in [3.63, 3.8) is 0 Å². The van der Waals surface area contributed by atoms with Crippen molar-refractivity contribution in [1.29, 1.82) is 0 Å². The Morgan fingerprint density at radius 1 is 0.909 bits per heavy atom. The zero-order chi connectivity index (χ0) is 15.8. The highest BCUT2D eigenvalue weighted by Crippen LogP contribution is 2.22. The lowest BCUT2D eigenvalue weighted by Crippen LogP contribution is -2.09. The average molecular weight is 295 g/mol. The summed E-state index contributed by atoms with van der Waals surface area (Å²) in [6.45, 7) is 0.